The minimum Gasteiger partial charge on any atom is -0.497 e. The summed E-state index contributed by atoms with van der Waals surface area (Å²) in [6, 6.07) is 16.7. The molecule has 28 heavy (non-hydrogen) atoms. The van der Waals surface area contributed by atoms with Gasteiger partial charge in [-0.2, -0.15) is 0 Å². The number of rotatable bonds is 6. The van der Waals surface area contributed by atoms with Crippen molar-refractivity contribution in [1.82, 2.24) is 10.2 Å². The van der Waals surface area contributed by atoms with E-state index in [4.69, 9.17) is 4.74 Å². The Balaban J connectivity index is 1.70. The SMILES string of the molecule is COc1ccc(NC(=O)[C@H](NC2CCN(C(C)=O)CC2)c2ccccc2)cc1. The summed E-state index contributed by atoms with van der Waals surface area (Å²) in [6.07, 6.45) is 1.66. The third kappa shape index (κ3) is 5.10. The third-order valence-electron chi connectivity index (χ3n) is 5.10. The van der Waals surface area contributed by atoms with Crippen molar-refractivity contribution in [2.75, 3.05) is 25.5 Å². The van der Waals surface area contributed by atoms with Gasteiger partial charge in [0.2, 0.25) is 11.8 Å². The number of nitrogens with one attached hydrogen (secondary N) is 2. The van der Waals surface area contributed by atoms with Crippen LogP contribution in [-0.2, 0) is 9.59 Å². The van der Waals surface area contributed by atoms with Gasteiger partial charge in [0.05, 0.1) is 7.11 Å². The van der Waals surface area contributed by atoms with Crippen molar-refractivity contribution >= 4 is 17.5 Å². The number of benzene rings is 2. The zero-order valence-electron chi connectivity index (χ0n) is 16.4. The van der Waals surface area contributed by atoms with Crippen molar-refractivity contribution in [2.24, 2.45) is 0 Å². The van der Waals surface area contributed by atoms with Crippen molar-refractivity contribution < 1.29 is 14.3 Å². The Morgan fingerprint density at radius 1 is 1.04 bits per heavy atom. The van der Waals surface area contributed by atoms with Crippen molar-refractivity contribution in [3.63, 3.8) is 0 Å². The monoisotopic (exact) mass is 381 g/mol. The van der Waals surface area contributed by atoms with Gasteiger partial charge >= 0.3 is 0 Å². The van der Waals surface area contributed by atoms with Crippen LogP contribution in [0.2, 0.25) is 0 Å². The predicted octanol–water partition coefficient (Wildman–Crippen LogP) is 2.98. The summed E-state index contributed by atoms with van der Waals surface area (Å²) < 4.78 is 5.16. The van der Waals surface area contributed by atoms with Gasteiger partial charge in [-0.1, -0.05) is 30.3 Å². The molecule has 1 fully saturated rings. The fraction of sp³-hybridized carbons (Fsp3) is 0.364. The highest BCUT2D eigenvalue weighted by Gasteiger charge is 2.27. The van der Waals surface area contributed by atoms with Crippen molar-refractivity contribution in [2.45, 2.75) is 31.8 Å². The van der Waals surface area contributed by atoms with Gasteiger partial charge in [-0.15, -0.1) is 0 Å². The number of hydrogen-bond acceptors (Lipinski definition) is 4. The summed E-state index contributed by atoms with van der Waals surface area (Å²) in [7, 11) is 1.61. The lowest BCUT2D eigenvalue weighted by Gasteiger charge is -2.34. The molecule has 2 aromatic carbocycles. The molecule has 0 saturated carbocycles. The molecule has 1 heterocycles. The Morgan fingerprint density at radius 2 is 1.68 bits per heavy atom. The van der Waals surface area contributed by atoms with Gasteiger partial charge in [0.25, 0.3) is 0 Å². The minimum atomic E-state index is -0.461. The largest absolute Gasteiger partial charge is 0.497 e. The number of anilines is 1. The molecule has 0 radical (unpaired) electrons. The van der Waals surface area contributed by atoms with Gasteiger partial charge in [-0.05, 0) is 42.7 Å². The third-order valence-corrected chi connectivity index (χ3v) is 5.10. The summed E-state index contributed by atoms with van der Waals surface area (Å²) in [5, 5.41) is 6.49. The van der Waals surface area contributed by atoms with Crippen LogP contribution < -0.4 is 15.4 Å². The fourth-order valence-electron chi connectivity index (χ4n) is 3.45. The molecular formula is C22H27N3O3. The summed E-state index contributed by atoms with van der Waals surface area (Å²) in [5.41, 5.74) is 1.64. The lowest BCUT2D eigenvalue weighted by atomic mass is 10.00. The number of ether oxygens (including phenoxy) is 1. The highest BCUT2D eigenvalue weighted by Crippen LogP contribution is 2.21. The van der Waals surface area contributed by atoms with E-state index in [1.807, 2.05) is 59.5 Å². The molecule has 148 valence electrons. The second kappa shape index (κ2) is 9.37. The molecule has 2 amide bonds. The molecular weight excluding hydrogens is 354 g/mol. The molecule has 6 heteroatoms. The quantitative estimate of drug-likeness (QED) is 0.807. The number of nitrogens with zero attached hydrogens (tertiary/aromatic N) is 1. The number of carbonyl (C=O) groups is 2. The first-order chi connectivity index (χ1) is 13.6. The van der Waals surface area contributed by atoms with Crippen molar-refractivity contribution in [3.8, 4) is 5.75 Å². The molecule has 0 bridgehead atoms. The highest BCUT2D eigenvalue weighted by atomic mass is 16.5. The van der Waals surface area contributed by atoms with Crippen molar-refractivity contribution in [3.05, 3.63) is 60.2 Å². The van der Waals surface area contributed by atoms with Crippen LogP contribution in [0.25, 0.3) is 0 Å². The van der Waals surface area contributed by atoms with Crippen LogP contribution in [-0.4, -0.2) is 43.0 Å². The van der Waals surface area contributed by atoms with Gasteiger partial charge in [0, 0.05) is 31.7 Å². The lowest BCUT2D eigenvalue weighted by Crippen LogP contribution is -2.47. The molecule has 1 aliphatic heterocycles. The molecule has 2 N–H and O–H groups in total. The summed E-state index contributed by atoms with van der Waals surface area (Å²) >= 11 is 0. The van der Waals surface area contributed by atoms with Crippen LogP contribution in [0.3, 0.4) is 0 Å². The Labute approximate surface area is 165 Å². The van der Waals surface area contributed by atoms with E-state index >= 15 is 0 Å². The van der Waals surface area contributed by atoms with Crippen LogP contribution in [0.4, 0.5) is 5.69 Å². The number of hydrogen-bond donors (Lipinski definition) is 2. The molecule has 3 rings (SSSR count). The zero-order valence-corrected chi connectivity index (χ0v) is 16.4. The summed E-state index contributed by atoms with van der Waals surface area (Å²) in [4.78, 5) is 26.4. The average molecular weight is 381 g/mol. The molecule has 0 spiro atoms. The molecule has 1 atom stereocenters. The van der Waals surface area contributed by atoms with E-state index in [9.17, 15) is 9.59 Å². The number of carbonyl (C=O) groups excluding carboxylic acids is 2. The standard InChI is InChI=1S/C22H27N3O3/c1-16(26)25-14-12-19(13-15-25)23-21(17-6-4-3-5-7-17)22(27)24-18-8-10-20(28-2)11-9-18/h3-11,19,21,23H,12-15H2,1-2H3,(H,24,27)/t21-/m1/s1. The molecule has 0 aliphatic carbocycles. The minimum absolute atomic E-state index is 0.106. The average Bonchev–Trinajstić information content (AvgIpc) is 2.73. The van der Waals surface area contributed by atoms with E-state index in [0.717, 1.165) is 29.8 Å². The number of piperidine rings is 1. The van der Waals surface area contributed by atoms with Gasteiger partial charge in [0.15, 0.2) is 0 Å². The van der Waals surface area contributed by atoms with E-state index in [0.29, 0.717) is 13.1 Å². The van der Waals surface area contributed by atoms with Crippen LogP contribution in [0.1, 0.15) is 31.4 Å². The second-order valence-electron chi connectivity index (χ2n) is 7.01. The lowest BCUT2D eigenvalue weighted by molar-refractivity contribution is -0.130. The maximum absolute atomic E-state index is 13.0. The second-order valence-corrected chi connectivity index (χ2v) is 7.01. The number of methoxy groups -OCH3 is 1. The van der Waals surface area contributed by atoms with Crippen LogP contribution in [0.15, 0.2) is 54.6 Å². The van der Waals surface area contributed by atoms with Crippen LogP contribution in [0.5, 0.6) is 5.75 Å². The number of likely N-dealkylation sites (tertiary alicyclic amines) is 1. The van der Waals surface area contributed by atoms with E-state index < -0.39 is 6.04 Å². The predicted molar refractivity (Wildman–Crippen MR) is 109 cm³/mol. The molecule has 0 unspecified atom stereocenters. The van der Waals surface area contributed by atoms with E-state index in [1.165, 1.54) is 0 Å². The Bertz CT molecular complexity index is 784. The van der Waals surface area contributed by atoms with E-state index in [1.54, 1.807) is 14.0 Å². The highest BCUT2D eigenvalue weighted by molar-refractivity contribution is 5.95. The number of amides is 2. The molecule has 1 saturated heterocycles. The first-order valence-corrected chi connectivity index (χ1v) is 9.58. The molecule has 1 aliphatic rings. The van der Waals surface area contributed by atoms with Gasteiger partial charge in [0.1, 0.15) is 11.8 Å². The fourth-order valence-corrected chi connectivity index (χ4v) is 3.45. The zero-order chi connectivity index (χ0) is 19.9. The van der Waals surface area contributed by atoms with Crippen molar-refractivity contribution in [1.29, 1.82) is 0 Å². The first-order valence-electron chi connectivity index (χ1n) is 9.58. The Kier molecular flexibility index (Phi) is 6.66. The Hall–Kier alpha value is -2.86. The Morgan fingerprint density at radius 3 is 2.25 bits per heavy atom. The van der Waals surface area contributed by atoms with Crippen LogP contribution >= 0.6 is 0 Å². The van der Waals surface area contributed by atoms with Gasteiger partial charge in [-0.25, -0.2) is 0 Å². The first kappa shape index (κ1) is 19.9. The molecule has 6 nitrogen and oxygen atoms in total. The van der Waals surface area contributed by atoms with Gasteiger partial charge < -0.3 is 15.0 Å². The molecule has 0 aromatic heterocycles. The maximum Gasteiger partial charge on any atom is 0.246 e. The van der Waals surface area contributed by atoms with Gasteiger partial charge in [-0.3, -0.25) is 14.9 Å². The topological polar surface area (TPSA) is 70.7 Å². The van der Waals surface area contributed by atoms with E-state index in [2.05, 4.69) is 10.6 Å². The normalized spacial score (nSPS) is 15.7. The summed E-state index contributed by atoms with van der Waals surface area (Å²) in [6.45, 7) is 3.03. The smallest absolute Gasteiger partial charge is 0.246 e. The molecule has 2 aromatic rings. The summed E-state index contributed by atoms with van der Waals surface area (Å²) in [5.74, 6) is 0.744. The van der Waals surface area contributed by atoms with E-state index in [-0.39, 0.29) is 17.9 Å². The van der Waals surface area contributed by atoms with Crippen LogP contribution in [0, 0.1) is 0 Å². The maximum atomic E-state index is 13.0.